The molecule has 0 heterocycles. The van der Waals surface area contributed by atoms with Gasteiger partial charge in [-0.2, -0.15) is 0 Å². The van der Waals surface area contributed by atoms with Crippen molar-refractivity contribution in [1.82, 2.24) is 10.6 Å². The summed E-state index contributed by atoms with van der Waals surface area (Å²) in [6, 6.07) is 0.579. The number of nitrogens with one attached hydrogen (secondary N) is 2. The predicted octanol–water partition coefficient (Wildman–Crippen LogP) is 0.850. The van der Waals surface area contributed by atoms with Crippen LogP contribution in [0.2, 0.25) is 0 Å². The van der Waals surface area contributed by atoms with Gasteiger partial charge in [-0.3, -0.25) is 4.79 Å². The van der Waals surface area contributed by atoms with E-state index in [1.165, 1.54) is 38.5 Å². The molecule has 19 heavy (non-hydrogen) atoms. The highest BCUT2D eigenvalue weighted by molar-refractivity contribution is 7.90. The van der Waals surface area contributed by atoms with E-state index in [-0.39, 0.29) is 18.1 Å². The molecule has 0 unspecified atom stereocenters. The van der Waals surface area contributed by atoms with Crippen LogP contribution in [0.25, 0.3) is 0 Å². The normalized spacial score (nSPS) is 17.9. The van der Waals surface area contributed by atoms with E-state index in [4.69, 9.17) is 0 Å². The summed E-state index contributed by atoms with van der Waals surface area (Å²) in [5.74, 6) is -0.261. The molecule has 0 atom stereocenters. The summed E-state index contributed by atoms with van der Waals surface area (Å²) in [6.07, 6.45) is 8.90. The van der Waals surface area contributed by atoms with Gasteiger partial charge in [0.25, 0.3) is 0 Å². The van der Waals surface area contributed by atoms with Gasteiger partial charge in [0.2, 0.25) is 5.91 Å². The summed E-state index contributed by atoms with van der Waals surface area (Å²) in [6.45, 7) is 1.33. The van der Waals surface area contributed by atoms with Crippen LogP contribution in [-0.4, -0.2) is 45.5 Å². The van der Waals surface area contributed by atoms with Crippen molar-refractivity contribution in [3.05, 3.63) is 0 Å². The van der Waals surface area contributed by atoms with Crippen molar-refractivity contribution < 1.29 is 13.2 Å². The van der Waals surface area contributed by atoms with Gasteiger partial charge < -0.3 is 10.6 Å². The average Bonchev–Trinajstić information content (AvgIpc) is 2.60. The fourth-order valence-corrected chi connectivity index (χ4v) is 2.88. The highest BCUT2D eigenvalue weighted by atomic mass is 32.2. The molecule has 0 aromatic rings. The summed E-state index contributed by atoms with van der Waals surface area (Å²) in [5.41, 5.74) is 0. The van der Waals surface area contributed by atoms with Crippen LogP contribution in [0.4, 0.5) is 0 Å². The van der Waals surface area contributed by atoms with Crippen molar-refractivity contribution in [2.24, 2.45) is 0 Å². The lowest BCUT2D eigenvalue weighted by molar-refractivity contribution is -0.120. The zero-order valence-corrected chi connectivity index (χ0v) is 12.6. The summed E-state index contributed by atoms with van der Waals surface area (Å²) >= 11 is 0. The van der Waals surface area contributed by atoms with E-state index >= 15 is 0 Å². The number of amides is 1. The third kappa shape index (κ3) is 8.99. The molecule has 1 aliphatic carbocycles. The summed E-state index contributed by atoms with van der Waals surface area (Å²) < 4.78 is 21.8. The largest absolute Gasteiger partial charge is 0.355 e. The van der Waals surface area contributed by atoms with Gasteiger partial charge in [-0.25, -0.2) is 8.42 Å². The molecule has 0 aromatic carbocycles. The lowest BCUT2D eigenvalue weighted by Crippen LogP contribution is -2.37. The van der Waals surface area contributed by atoms with Crippen molar-refractivity contribution >= 4 is 15.7 Å². The minimum absolute atomic E-state index is 0.0578. The maximum atomic E-state index is 11.4. The van der Waals surface area contributed by atoms with Gasteiger partial charge in [-0.15, -0.1) is 0 Å². The Morgan fingerprint density at radius 3 is 2.32 bits per heavy atom. The number of hydrogen-bond acceptors (Lipinski definition) is 4. The molecule has 1 aliphatic rings. The third-order valence-electron chi connectivity index (χ3n) is 3.44. The van der Waals surface area contributed by atoms with Gasteiger partial charge >= 0.3 is 0 Å². The highest BCUT2D eigenvalue weighted by Crippen LogP contribution is 2.16. The fraction of sp³-hybridized carbons (Fsp3) is 0.923. The van der Waals surface area contributed by atoms with Crippen LogP contribution in [0.1, 0.15) is 44.9 Å². The second-order valence-electron chi connectivity index (χ2n) is 5.37. The van der Waals surface area contributed by atoms with E-state index in [1.54, 1.807) is 0 Å². The van der Waals surface area contributed by atoms with E-state index in [9.17, 15) is 13.2 Å². The molecule has 0 aliphatic heterocycles. The first-order chi connectivity index (χ1) is 8.97. The van der Waals surface area contributed by atoms with Crippen LogP contribution in [0.3, 0.4) is 0 Å². The van der Waals surface area contributed by atoms with Gasteiger partial charge in [0.15, 0.2) is 0 Å². The monoisotopic (exact) mass is 290 g/mol. The molecule has 5 nitrogen and oxygen atoms in total. The summed E-state index contributed by atoms with van der Waals surface area (Å²) in [4.78, 5) is 11.4. The fourth-order valence-electron chi connectivity index (χ4n) is 2.33. The zero-order chi connectivity index (χ0) is 14.1. The van der Waals surface area contributed by atoms with Crippen LogP contribution in [0.15, 0.2) is 0 Å². The van der Waals surface area contributed by atoms with Crippen LogP contribution < -0.4 is 10.6 Å². The second kappa shape index (κ2) is 8.53. The first kappa shape index (κ1) is 16.4. The first-order valence-corrected chi connectivity index (χ1v) is 9.21. The molecule has 0 radical (unpaired) electrons. The van der Waals surface area contributed by atoms with Gasteiger partial charge in [-0.1, -0.05) is 25.7 Å². The predicted molar refractivity (Wildman–Crippen MR) is 76.8 cm³/mol. The molecule has 112 valence electrons. The van der Waals surface area contributed by atoms with E-state index in [2.05, 4.69) is 10.6 Å². The molecular weight excluding hydrogens is 264 g/mol. The zero-order valence-electron chi connectivity index (χ0n) is 11.8. The van der Waals surface area contributed by atoms with Crippen LogP contribution in [0.5, 0.6) is 0 Å². The Balaban J connectivity index is 2.04. The minimum Gasteiger partial charge on any atom is -0.355 e. The molecule has 1 rings (SSSR count). The van der Waals surface area contributed by atoms with E-state index in [1.807, 2.05) is 0 Å². The Labute approximate surface area is 116 Å². The van der Waals surface area contributed by atoms with Gasteiger partial charge in [-0.05, 0) is 12.8 Å². The molecule has 1 amide bonds. The number of hydrogen-bond donors (Lipinski definition) is 2. The molecule has 1 saturated carbocycles. The molecular formula is C13H26N2O3S. The van der Waals surface area contributed by atoms with Crippen LogP contribution >= 0.6 is 0 Å². The Hall–Kier alpha value is -0.620. The van der Waals surface area contributed by atoms with Gasteiger partial charge in [0.05, 0.1) is 5.75 Å². The van der Waals surface area contributed by atoms with Crippen LogP contribution in [0, 0.1) is 0 Å². The molecule has 6 heteroatoms. The molecule has 0 saturated heterocycles. The van der Waals surface area contributed by atoms with E-state index in [0.29, 0.717) is 12.6 Å². The van der Waals surface area contributed by atoms with Crippen molar-refractivity contribution in [2.75, 3.05) is 25.1 Å². The van der Waals surface area contributed by atoms with Crippen molar-refractivity contribution in [3.8, 4) is 0 Å². The number of carbonyl (C=O) groups is 1. The molecule has 0 spiro atoms. The summed E-state index contributed by atoms with van der Waals surface area (Å²) in [5, 5.41) is 6.20. The number of sulfone groups is 1. The lowest BCUT2D eigenvalue weighted by Gasteiger charge is -2.16. The Kier molecular flexibility index (Phi) is 7.38. The van der Waals surface area contributed by atoms with Gasteiger partial charge in [0, 0.05) is 31.8 Å². The molecule has 2 N–H and O–H groups in total. The maximum absolute atomic E-state index is 11.4. The minimum atomic E-state index is -3.05. The topological polar surface area (TPSA) is 75.3 Å². The molecule has 0 bridgehead atoms. The standard InChI is InChI=1S/C13H26N2O3S/c1-19(17,18)11-8-13(16)15-10-9-14-12-6-4-2-3-5-7-12/h12,14H,2-11H2,1H3,(H,15,16). The van der Waals surface area contributed by atoms with Crippen molar-refractivity contribution in [1.29, 1.82) is 0 Å². The molecule has 0 aromatic heterocycles. The number of carbonyl (C=O) groups excluding carboxylic acids is 1. The van der Waals surface area contributed by atoms with E-state index in [0.717, 1.165) is 12.8 Å². The average molecular weight is 290 g/mol. The Morgan fingerprint density at radius 1 is 1.11 bits per heavy atom. The SMILES string of the molecule is CS(=O)(=O)CCC(=O)NCCNC1CCCCCC1. The lowest BCUT2D eigenvalue weighted by atomic mass is 10.1. The van der Waals surface area contributed by atoms with Crippen molar-refractivity contribution in [2.45, 2.75) is 51.0 Å². The van der Waals surface area contributed by atoms with E-state index < -0.39 is 9.84 Å². The van der Waals surface area contributed by atoms with Crippen LogP contribution in [-0.2, 0) is 14.6 Å². The number of rotatable bonds is 7. The second-order valence-corrected chi connectivity index (χ2v) is 7.63. The third-order valence-corrected chi connectivity index (χ3v) is 4.38. The van der Waals surface area contributed by atoms with Crippen molar-refractivity contribution in [3.63, 3.8) is 0 Å². The summed E-state index contributed by atoms with van der Waals surface area (Å²) in [7, 11) is -3.05. The Bertz CT molecular complexity index is 360. The molecule has 1 fully saturated rings. The quantitative estimate of drug-likeness (QED) is 0.538. The maximum Gasteiger partial charge on any atom is 0.221 e. The smallest absolute Gasteiger partial charge is 0.221 e. The first-order valence-electron chi connectivity index (χ1n) is 7.15. The van der Waals surface area contributed by atoms with Gasteiger partial charge in [0.1, 0.15) is 9.84 Å². The Morgan fingerprint density at radius 2 is 1.74 bits per heavy atom. The highest BCUT2D eigenvalue weighted by Gasteiger charge is 2.11.